The molecule has 6 heteroatoms. The van der Waals surface area contributed by atoms with Crippen molar-refractivity contribution in [3.8, 4) is 0 Å². The molecule has 0 saturated carbocycles. The number of aromatic nitrogens is 1. The molecule has 1 aromatic carbocycles. The zero-order chi connectivity index (χ0) is 13.8. The van der Waals surface area contributed by atoms with Gasteiger partial charge in [-0.3, -0.25) is 15.6 Å². The fourth-order valence-electron chi connectivity index (χ4n) is 1.61. The lowest BCUT2D eigenvalue weighted by atomic mass is 10.2. The summed E-state index contributed by atoms with van der Waals surface area (Å²) in [6.45, 7) is 1.82. The summed E-state index contributed by atoms with van der Waals surface area (Å²) in [5.41, 5.74) is 4.66. The van der Waals surface area contributed by atoms with Gasteiger partial charge in [0.25, 0.3) is 5.91 Å². The molecule has 0 aliphatic rings. The summed E-state index contributed by atoms with van der Waals surface area (Å²) in [5.74, 6) is 5.07. The van der Waals surface area contributed by atoms with Gasteiger partial charge in [0.15, 0.2) is 0 Å². The van der Waals surface area contributed by atoms with Gasteiger partial charge in [0, 0.05) is 11.9 Å². The topological polar surface area (TPSA) is 80.0 Å². The molecule has 1 amide bonds. The van der Waals surface area contributed by atoms with E-state index in [1.807, 2.05) is 6.92 Å². The Hall–Kier alpha value is -2.11. The normalized spacial score (nSPS) is 10.1. The van der Waals surface area contributed by atoms with E-state index in [1.165, 1.54) is 6.20 Å². The summed E-state index contributed by atoms with van der Waals surface area (Å²) >= 11 is 5.98. The van der Waals surface area contributed by atoms with Crippen molar-refractivity contribution in [1.82, 2.24) is 4.98 Å². The number of benzene rings is 1. The number of nitrogens with one attached hydrogen (secondary N) is 2. The summed E-state index contributed by atoms with van der Waals surface area (Å²) < 4.78 is 0. The Bertz CT molecular complexity index is 615. The highest BCUT2D eigenvalue weighted by Crippen LogP contribution is 2.22. The second-order valence-corrected chi connectivity index (χ2v) is 4.36. The molecule has 2 aromatic rings. The number of carbonyl (C=O) groups excluding carboxylic acids is 1. The minimum absolute atomic E-state index is 0.325. The molecule has 98 valence electrons. The Kier molecular flexibility index (Phi) is 3.99. The maximum Gasteiger partial charge on any atom is 0.259 e. The molecule has 0 aliphatic heterocycles. The van der Waals surface area contributed by atoms with Gasteiger partial charge >= 0.3 is 0 Å². The van der Waals surface area contributed by atoms with E-state index in [1.54, 1.807) is 30.3 Å². The first-order valence-electron chi connectivity index (χ1n) is 5.61. The highest BCUT2D eigenvalue weighted by Gasteiger charge is 2.13. The Balaban J connectivity index is 2.28. The molecule has 0 atom stereocenters. The van der Waals surface area contributed by atoms with Crippen molar-refractivity contribution in [3.05, 3.63) is 52.8 Å². The molecule has 0 aliphatic carbocycles. The van der Waals surface area contributed by atoms with Gasteiger partial charge < -0.3 is 10.7 Å². The quantitative estimate of drug-likeness (QED) is 0.595. The van der Waals surface area contributed by atoms with Gasteiger partial charge in [-0.2, -0.15) is 0 Å². The smallest absolute Gasteiger partial charge is 0.259 e. The number of amides is 1. The van der Waals surface area contributed by atoms with E-state index in [4.69, 9.17) is 17.4 Å². The van der Waals surface area contributed by atoms with Crippen molar-refractivity contribution in [3.63, 3.8) is 0 Å². The summed E-state index contributed by atoms with van der Waals surface area (Å²) in [6, 6.07) is 8.70. The van der Waals surface area contributed by atoms with Crippen LogP contribution in [0.5, 0.6) is 0 Å². The van der Waals surface area contributed by atoms with E-state index in [0.717, 1.165) is 5.69 Å². The van der Waals surface area contributed by atoms with E-state index in [9.17, 15) is 4.79 Å². The number of hydrogen-bond donors (Lipinski definition) is 3. The molecule has 0 unspecified atom stereocenters. The third-order valence-corrected chi connectivity index (χ3v) is 2.89. The zero-order valence-electron chi connectivity index (χ0n) is 10.3. The summed E-state index contributed by atoms with van der Waals surface area (Å²) in [6.07, 6.45) is 1.47. The minimum Gasteiger partial charge on any atom is -0.323 e. The van der Waals surface area contributed by atoms with Gasteiger partial charge in [-0.05, 0) is 25.1 Å². The summed E-state index contributed by atoms with van der Waals surface area (Å²) in [7, 11) is 0. The van der Waals surface area contributed by atoms with E-state index in [0.29, 0.717) is 22.0 Å². The van der Waals surface area contributed by atoms with Crippen LogP contribution in [0.2, 0.25) is 5.02 Å². The molecule has 1 aromatic heterocycles. The lowest BCUT2D eigenvalue weighted by Crippen LogP contribution is -2.18. The van der Waals surface area contributed by atoms with Crippen LogP contribution >= 0.6 is 11.6 Å². The second kappa shape index (κ2) is 5.69. The lowest BCUT2D eigenvalue weighted by molar-refractivity contribution is 0.102. The number of halogens is 1. The molecule has 5 nitrogen and oxygen atoms in total. The minimum atomic E-state index is -0.325. The molecule has 19 heavy (non-hydrogen) atoms. The second-order valence-electron chi connectivity index (χ2n) is 3.95. The Labute approximate surface area is 115 Å². The fourth-order valence-corrected chi connectivity index (χ4v) is 1.80. The van der Waals surface area contributed by atoms with Crippen LogP contribution in [-0.4, -0.2) is 10.9 Å². The highest BCUT2D eigenvalue weighted by molar-refractivity contribution is 6.34. The molecule has 0 fully saturated rings. The lowest BCUT2D eigenvalue weighted by Gasteiger charge is -2.10. The summed E-state index contributed by atoms with van der Waals surface area (Å²) in [5, 5.41) is 3.18. The summed E-state index contributed by atoms with van der Waals surface area (Å²) in [4.78, 5) is 16.2. The molecule has 4 N–H and O–H groups in total. The molecule has 2 rings (SSSR count). The van der Waals surface area contributed by atoms with Crippen LogP contribution < -0.4 is 16.6 Å². The van der Waals surface area contributed by atoms with Crippen molar-refractivity contribution in [2.24, 2.45) is 5.84 Å². The van der Waals surface area contributed by atoms with Gasteiger partial charge in [0.1, 0.15) is 0 Å². The van der Waals surface area contributed by atoms with E-state index < -0.39 is 0 Å². The number of rotatable bonds is 3. The SMILES string of the molecule is Cc1cc(NN)c(C(=O)Nc2ccccc2Cl)cn1. The van der Waals surface area contributed by atoms with Crippen molar-refractivity contribution in [1.29, 1.82) is 0 Å². The van der Waals surface area contributed by atoms with Crippen LogP contribution in [0.3, 0.4) is 0 Å². The average Bonchev–Trinajstić information content (AvgIpc) is 2.41. The predicted molar refractivity (Wildman–Crippen MR) is 76.2 cm³/mol. The molecule has 0 saturated heterocycles. The number of nitrogens with zero attached hydrogens (tertiary/aromatic N) is 1. The third kappa shape index (κ3) is 3.01. The number of carbonyl (C=O) groups is 1. The van der Waals surface area contributed by atoms with Crippen LogP contribution in [-0.2, 0) is 0 Å². The number of nitrogens with two attached hydrogens (primary N) is 1. The number of para-hydroxylation sites is 1. The number of anilines is 2. The number of pyridine rings is 1. The zero-order valence-corrected chi connectivity index (χ0v) is 11.0. The van der Waals surface area contributed by atoms with E-state index in [-0.39, 0.29) is 5.91 Å². The monoisotopic (exact) mass is 276 g/mol. The Morgan fingerprint density at radius 1 is 1.32 bits per heavy atom. The van der Waals surface area contributed by atoms with Crippen molar-refractivity contribution < 1.29 is 4.79 Å². The van der Waals surface area contributed by atoms with Crippen LogP contribution in [0.1, 0.15) is 16.1 Å². The van der Waals surface area contributed by atoms with Gasteiger partial charge in [-0.25, -0.2) is 0 Å². The van der Waals surface area contributed by atoms with Crippen molar-refractivity contribution in [2.75, 3.05) is 10.7 Å². The van der Waals surface area contributed by atoms with Gasteiger partial charge in [-0.15, -0.1) is 0 Å². The number of hydrazine groups is 1. The molecule has 1 heterocycles. The van der Waals surface area contributed by atoms with E-state index in [2.05, 4.69) is 15.7 Å². The van der Waals surface area contributed by atoms with Crippen LogP contribution in [0, 0.1) is 6.92 Å². The van der Waals surface area contributed by atoms with Crippen LogP contribution in [0.25, 0.3) is 0 Å². The van der Waals surface area contributed by atoms with Gasteiger partial charge in [-0.1, -0.05) is 23.7 Å². The fraction of sp³-hybridized carbons (Fsp3) is 0.0769. The predicted octanol–water partition coefficient (Wildman–Crippen LogP) is 2.58. The third-order valence-electron chi connectivity index (χ3n) is 2.56. The molecule has 0 spiro atoms. The molecular weight excluding hydrogens is 264 g/mol. The van der Waals surface area contributed by atoms with Crippen molar-refractivity contribution in [2.45, 2.75) is 6.92 Å². The molecular formula is C13H13ClN4O. The molecule has 0 bridgehead atoms. The Morgan fingerprint density at radius 2 is 2.05 bits per heavy atom. The van der Waals surface area contributed by atoms with Gasteiger partial charge in [0.05, 0.1) is 22.0 Å². The maximum atomic E-state index is 12.2. The standard InChI is InChI=1S/C13H13ClN4O/c1-8-6-12(18-15)9(7-16-8)13(19)17-11-5-3-2-4-10(11)14/h2-7H,15H2,1H3,(H,16,18)(H,17,19). The first-order chi connectivity index (χ1) is 9.11. The van der Waals surface area contributed by atoms with Crippen LogP contribution in [0.15, 0.2) is 36.5 Å². The number of aryl methyl sites for hydroxylation is 1. The van der Waals surface area contributed by atoms with Crippen LogP contribution in [0.4, 0.5) is 11.4 Å². The first-order valence-corrected chi connectivity index (χ1v) is 5.98. The number of nitrogen functional groups attached to an aromatic ring is 1. The van der Waals surface area contributed by atoms with Crippen molar-refractivity contribution >= 4 is 28.9 Å². The maximum absolute atomic E-state index is 12.2. The van der Waals surface area contributed by atoms with E-state index >= 15 is 0 Å². The first kappa shape index (κ1) is 13.3. The number of hydrogen-bond acceptors (Lipinski definition) is 4. The Morgan fingerprint density at radius 3 is 2.74 bits per heavy atom. The highest BCUT2D eigenvalue weighted by atomic mass is 35.5. The average molecular weight is 277 g/mol. The van der Waals surface area contributed by atoms with Gasteiger partial charge in [0.2, 0.25) is 0 Å². The largest absolute Gasteiger partial charge is 0.323 e. The molecule has 0 radical (unpaired) electrons.